The number of amides is 1. The molecule has 0 spiro atoms. The van der Waals surface area contributed by atoms with E-state index in [-0.39, 0.29) is 23.2 Å². The number of hydrogen-bond donors (Lipinski definition) is 0. The van der Waals surface area contributed by atoms with Crippen molar-refractivity contribution in [1.82, 2.24) is 24.8 Å². The van der Waals surface area contributed by atoms with E-state index in [0.717, 1.165) is 23.1 Å². The summed E-state index contributed by atoms with van der Waals surface area (Å²) < 4.78 is 6.58. The highest BCUT2D eigenvalue weighted by molar-refractivity contribution is 5.92. The first-order valence-electron chi connectivity index (χ1n) is 8.38. The topological polar surface area (TPSA) is 94.1 Å². The van der Waals surface area contributed by atoms with Gasteiger partial charge >= 0.3 is 0 Å². The Morgan fingerprint density at radius 3 is 2.77 bits per heavy atom. The molecule has 0 saturated carbocycles. The minimum Gasteiger partial charge on any atom is -0.337 e. The predicted molar refractivity (Wildman–Crippen MR) is 92.2 cm³/mol. The van der Waals surface area contributed by atoms with E-state index in [4.69, 9.17) is 4.52 Å². The van der Waals surface area contributed by atoms with E-state index in [1.165, 1.54) is 19.2 Å². The molecule has 0 aliphatic carbocycles. The molecule has 3 aromatic rings. The average molecular weight is 351 g/mol. The first-order valence-corrected chi connectivity index (χ1v) is 8.38. The molecule has 0 unspecified atom stereocenters. The quantitative estimate of drug-likeness (QED) is 0.714. The summed E-state index contributed by atoms with van der Waals surface area (Å²) in [5.74, 6) is 0.669. The number of nitrogens with zero attached hydrogens (tertiary/aromatic N) is 5. The van der Waals surface area contributed by atoms with Gasteiger partial charge in [0.1, 0.15) is 11.7 Å². The lowest BCUT2D eigenvalue weighted by Gasteiger charge is -2.21. The zero-order valence-corrected chi connectivity index (χ0v) is 14.2. The third-order valence-corrected chi connectivity index (χ3v) is 4.45. The number of aromatic nitrogens is 4. The fourth-order valence-corrected chi connectivity index (χ4v) is 3.11. The summed E-state index contributed by atoms with van der Waals surface area (Å²) in [6, 6.07) is 12.0. The number of carbonyl (C=O) groups is 1. The summed E-state index contributed by atoms with van der Waals surface area (Å²) in [5, 5.41) is 8.08. The fraction of sp³-hybridized carbons (Fsp3) is 0.278. The molecule has 0 bridgehead atoms. The lowest BCUT2D eigenvalue weighted by molar-refractivity contribution is 0.0701. The van der Waals surface area contributed by atoms with Gasteiger partial charge in [-0.3, -0.25) is 9.59 Å². The Morgan fingerprint density at radius 2 is 2.00 bits per heavy atom. The lowest BCUT2D eigenvalue weighted by atomic mass is 10.2. The van der Waals surface area contributed by atoms with Crippen molar-refractivity contribution in [2.45, 2.75) is 18.9 Å². The maximum absolute atomic E-state index is 12.8. The standard InChI is InChI=1S/C18H17N5O3/c1-22-15(24)10-9-13(20-22)18(25)23-11-5-8-14(23)17-19-16(21-26-17)12-6-3-2-4-7-12/h2-4,6-7,9-10,14H,5,8,11H2,1H3/t14-/m1/s1. The predicted octanol–water partition coefficient (Wildman–Crippen LogP) is 1.81. The minimum atomic E-state index is -0.286. The molecule has 8 nitrogen and oxygen atoms in total. The van der Waals surface area contributed by atoms with Gasteiger partial charge in [-0.2, -0.15) is 10.1 Å². The molecular formula is C18H17N5O3. The van der Waals surface area contributed by atoms with Crippen LogP contribution in [0.1, 0.15) is 35.3 Å². The fourth-order valence-electron chi connectivity index (χ4n) is 3.11. The highest BCUT2D eigenvalue weighted by atomic mass is 16.5. The van der Waals surface area contributed by atoms with Gasteiger partial charge in [-0.25, -0.2) is 4.68 Å². The third kappa shape index (κ3) is 2.90. The van der Waals surface area contributed by atoms with Crippen LogP contribution in [0.25, 0.3) is 11.4 Å². The molecule has 0 radical (unpaired) electrons. The van der Waals surface area contributed by atoms with E-state index in [1.54, 1.807) is 4.90 Å². The number of rotatable bonds is 3. The van der Waals surface area contributed by atoms with E-state index >= 15 is 0 Å². The van der Waals surface area contributed by atoms with E-state index in [2.05, 4.69) is 15.2 Å². The van der Waals surface area contributed by atoms with Crippen molar-refractivity contribution in [2.75, 3.05) is 6.54 Å². The molecular weight excluding hydrogens is 334 g/mol. The van der Waals surface area contributed by atoms with Crippen LogP contribution in [0.2, 0.25) is 0 Å². The SMILES string of the molecule is Cn1nc(C(=O)N2CCC[C@@H]2c2nc(-c3ccccc3)no2)ccc1=O. The molecule has 1 atom stereocenters. The van der Waals surface area contributed by atoms with Gasteiger partial charge in [-0.05, 0) is 18.9 Å². The second kappa shape index (κ2) is 6.55. The van der Waals surface area contributed by atoms with Gasteiger partial charge in [0.05, 0.1) is 0 Å². The van der Waals surface area contributed by atoms with Crippen molar-refractivity contribution < 1.29 is 9.32 Å². The number of aryl methyl sites for hydroxylation is 1. The van der Waals surface area contributed by atoms with Crippen LogP contribution in [0, 0.1) is 0 Å². The molecule has 0 N–H and O–H groups in total. The Labute approximate surface area is 149 Å². The largest absolute Gasteiger partial charge is 0.337 e. The van der Waals surface area contributed by atoms with Crippen LogP contribution in [-0.2, 0) is 7.05 Å². The van der Waals surface area contributed by atoms with Crippen molar-refractivity contribution in [2.24, 2.45) is 7.05 Å². The van der Waals surface area contributed by atoms with Gasteiger partial charge in [-0.1, -0.05) is 35.5 Å². The van der Waals surface area contributed by atoms with Crippen molar-refractivity contribution in [1.29, 1.82) is 0 Å². The molecule has 1 aromatic carbocycles. The molecule has 3 heterocycles. The van der Waals surface area contributed by atoms with Gasteiger partial charge in [0.15, 0.2) is 0 Å². The van der Waals surface area contributed by atoms with Crippen LogP contribution in [0.3, 0.4) is 0 Å². The number of carbonyl (C=O) groups excluding carboxylic acids is 1. The second-order valence-electron chi connectivity index (χ2n) is 6.16. The normalized spacial score (nSPS) is 16.8. The molecule has 4 rings (SSSR count). The molecule has 1 aliphatic heterocycles. The van der Waals surface area contributed by atoms with Gasteiger partial charge < -0.3 is 9.42 Å². The Morgan fingerprint density at radius 1 is 1.19 bits per heavy atom. The molecule has 1 saturated heterocycles. The summed E-state index contributed by atoms with van der Waals surface area (Å²) in [6.07, 6.45) is 1.58. The Balaban J connectivity index is 1.60. The van der Waals surface area contributed by atoms with Crippen molar-refractivity contribution in [3.05, 3.63) is 64.4 Å². The minimum absolute atomic E-state index is 0.224. The highest BCUT2D eigenvalue weighted by Gasteiger charge is 2.35. The first kappa shape index (κ1) is 16.2. The van der Waals surface area contributed by atoms with Gasteiger partial charge in [0.2, 0.25) is 11.7 Å². The number of hydrogen-bond acceptors (Lipinski definition) is 6. The molecule has 132 valence electrons. The van der Waals surface area contributed by atoms with E-state index in [0.29, 0.717) is 18.3 Å². The maximum atomic E-state index is 12.8. The van der Waals surface area contributed by atoms with Crippen LogP contribution < -0.4 is 5.56 Å². The summed E-state index contributed by atoms with van der Waals surface area (Å²) >= 11 is 0. The number of benzene rings is 1. The first-order chi connectivity index (χ1) is 12.6. The van der Waals surface area contributed by atoms with Crippen LogP contribution in [0.4, 0.5) is 0 Å². The number of likely N-dealkylation sites (tertiary alicyclic amines) is 1. The smallest absolute Gasteiger partial charge is 0.274 e. The van der Waals surface area contributed by atoms with E-state index in [1.807, 2.05) is 30.3 Å². The van der Waals surface area contributed by atoms with Crippen molar-refractivity contribution in [3.63, 3.8) is 0 Å². The second-order valence-corrected chi connectivity index (χ2v) is 6.16. The van der Waals surface area contributed by atoms with Gasteiger partial charge in [-0.15, -0.1) is 0 Å². The Hall–Kier alpha value is -3.29. The Kier molecular flexibility index (Phi) is 4.08. The molecule has 8 heteroatoms. The zero-order valence-electron chi connectivity index (χ0n) is 14.2. The van der Waals surface area contributed by atoms with Crippen molar-refractivity contribution >= 4 is 5.91 Å². The zero-order chi connectivity index (χ0) is 18.1. The summed E-state index contributed by atoms with van der Waals surface area (Å²) in [4.78, 5) is 30.5. The van der Waals surface area contributed by atoms with Gasteiger partial charge in [0, 0.05) is 25.2 Å². The lowest BCUT2D eigenvalue weighted by Crippen LogP contribution is -2.33. The molecule has 26 heavy (non-hydrogen) atoms. The summed E-state index contributed by atoms with van der Waals surface area (Å²) in [5.41, 5.74) is 0.823. The van der Waals surface area contributed by atoms with Crippen LogP contribution in [0.15, 0.2) is 51.8 Å². The third-order valence-electron chi connectivity index (χ3n) is 4.45. The average Bonchev–Trinajstić information content (AvgIpc) is 3.33. The van der Waals surface area contributed by atoms with Gasteiger partial charge in [0.25, 0.3) is 11.5 Å². The van der Waals surface area contributed by atoms with Crippen LogP contribution >= 0.6 is 0 Å². The Bertz CT molecular complexity index is 995. The molecule has 1 fully saturated rings. The highest BCUT2D eigenvalue weighted by Crippen LogP contribution is 2.32. The van der Waals surface area contributed by atoms with E-state index < -0.39 is 0 Å². The monoisotopic (exact) mass is 351 g/mol. The van der Waals surface area contributed by atoms with Crippen LogP contribution in [-0.4, -0.2) is 37.3 Å². The molecule has 1 amide bonds. The van der Waals surface area contributed by atoms with Crippen molar-refractivity contribution in [3.8, 4) is 11.4 Å². The molecule has 1 aliphatic rings. The summed E-state index contributed by atoms with van der Waals surface area (Å²) in [7, 11) is 1.52. The summed E-state index contributed by atoms with van der Waals surface area (Å²) in [6.45, 7) is 0.580. The van der Waals surface area contributed by atoms with Crippen LogP contribution in [0.5, 0.6) is 0 Å². The van der Waals surface area contributed by atoms with E-state index in [9.17, 15) is 9.59 Å². The maximum Gasteiger partial charge on any atom is 0.274 e. The molecule has 2 aromatic heterocycles.